The molecule has 0 aliphatic rings. The monoisotopic (exact) mass is 269 g/mol. The first-order valence-corrected chi connectivity index (χ1v) is 6.04. The number of nitrogens with one attached hydrogen (secondary N) is 1. The van der Waals surface area contributed by atoms with Crippen molar-refractivity contribution in [2.24, 2.45) is 11.8 Å². The Labute approximate surface area is 111 Å². The number of rotatable bonds is 4. The van der Waals surface area contributed by atoms with Crippen LogP contribution in [0.25, 0.3) is 0 Å². The van der Waals surface area contributed by atoms with Gasteiger partial charge in [0.25, 0.3) is 0 Å². The predicted octanol–water partition coefficient (Wildman–Crippen LogP) is 3.27. The maximum absolute atomic E-state index is 11.9. The van der Waals surface area contributed by atoms with Gasteiger partial charge in [0.15, 0.2) is 0 Å². The standard InChI is InChI=1S/C13H16ClNO3/c1-7(2)8(3)12(16)15-11-5-4-9(14)6-10(11)13(17)18/h4-8H,1-3H3,(H,15,16)(H,17,18). The normalized spacial score (nSPS) is 12.3. The zero-order valence-corrected chi connectivity index (χ0v) is 11.3. The Morgan fingerprint density at radius 3 is 2.39 bits per heavy atom. The van der Waals surface area contributed by atoms with Crippen LogP contribution in [0.15, 0.2) is 18.2 Å². The lowest BCUT2D eigenvalue weighted by atomic mass is 9.97. The number of halogens is 1. The van der Waals surface area contributed by atoms with E-state index in [9.17, 15) is 9.59 Å². The van der Waals surface area contributed by atoms with E-state index < -0.39 is 5.97 Å². The average molecular weight is 270 g/mol. The number of carboxylic acids is 1. The van der Waals surface area contributed by atoms with E-state index in [1.165, 1.54) is 12.1 Å². The number of carboxylic acid groups (broad SMARTS) is 1. The van der Waals surface area contributed by atoms with Gasteiger partial charge >= 0.3 is 5.97 Å². The van der Waals surface area contributed by atoms with Crippen molar-refractivity contribution >= 4 is 29.2 Å². The van der Waals surface area contributed by atoms with E-state index >= 15 is 0 Å². The van der Waals surface area contributed by atoms with Gasteiger partial charge in [0.05, 0.1) is 11.3 Å². The summed E-state index contributed by atoms with van der Waals surface area (Å²) in [5.41, 5.74) is 0.260. The van der Waals surface area contributed by atoms with Gasteiger partial charge in [-0.15, -0.1) is 0 Å². The van der Waals surface area contributed by atoms with Crippen molar-refractivity contribution in [2.45, 2.75) is 20.8 Å². The molecule has 0 aliphatic carbocycles. The number of hydrogen-bond acceptors (Lipinski definition) is 2. The SMILES string of the molecule is CC(C)C(C)C(=O)Nc1ccc(Cl)cc1C(=O)O. The molecule has 1 aromatic carbocycles. The highest BCUT2D eigenvalue weighted by Gasteiger charge is 2.19. The number of aromatic carboxylic acids is 1. The molecule has 2 N–H and O–H groups in total. The second-order valence-electron chi connectivity index (χ2n) is 4.52. The maximum atomic E-state index is 11.9. The Balaban J connectivity index is 2.98. The fourth-order valence-corrected chi connectivity index (χ4v) is 1.52. The van der Waals surface area contributed by atoms with E-state index in [2.05, 4.69) is 5.32 Å². The minimum atomic E-state index is -1.12. The lowest BCUT2D eigenvalue weighted by molar-refractivity contribution is -0.120. The van der Waals surface area contributed by atoms with E-state index in [-0.39, 0.29) is 29.0 Å². The van der Waals surface area contributed by atoms with Crippen LogP contribution in [0.2, 0.25) is 5.02 Å². The fraction of sp³-hybridized carbons (Fsp3) is 0.385. The quantitative estimate of drug-likeness (QED) is 0.882. The molecule has 0 spiro atoms. The molecule has 5 heteroatoms. The van der Waals surface area contributed by atoms with Crippen molar-refractivity contribution in [2.75, 3.05) is 5.32 Å². The average Bonchev–Trinajstić information content (AvgIpc) is 2.29. The summed E-state index contributed by atoms with van der Waals surface area (Å²) in [7, 11) is 0. The molecule has 98 valence electrons. The van der Waals surface area contributed by atoms with E-state index in [1.807, 2.05) is 13.8 Å². The van der Waals surface area contributed by atoms with Crippen LogP contribution in [0, 0.1) is 11.8 Å². The summed E-state index contributed by atoms with van der Waals surface area (Å²) in [6.45, 7) is 5.67. The lowest BCUT2D eigenvalue weighted by Crippen LogP contribution is -2.25. The van der Waals surface area contributed by atoms with Gasteiger partial charge in [-0.2, -0.15) is 0 Å². The van der Waals surface area contributed by atoms with E-state index in [1.54, 1.807) is 13.0 Å². The highest BCUT2D eigenvalue weighted by Crippen LogP contribution is 2.22. The van der Waals surface area contributed by atoms with Gasteiger partial charge in [-0.05, 0) is 24.1 Å². The molecule has 0 radical (unpaired) electrons. The summed E-state index contributed by atoms with van der Waals surface area (Å²) < 4.78 is 0. The molecule has 0 aliphatic heterocycles. The van der Waals surface area contributed by atoms with Gasteiger partial charge in [-0.1, -0.05) is 32.4 Å². The Bertz CT molecular complexity index is 471. The maximum Gasteiger partial charge on any atom is 0.337 e. The molecule has 1 aromatic rings. The molecule has 0 aromatic heterocycles. The highest BCUT2D eigenvalue weighted by atomic mass is 35.5. The van der Waals surface area contributed by atoms with Crippen LogP contribution < -0.4 is 5.32 Å². The van der Waals surface area contributed by atoms with E-state index in [4.69, 9.17) is 16.7 Å². The third-order valence-corrected chi connectivity index (χ3v) is 3.12. The summed E-state index contributed by atoms with van der Waals surface area (Å²) >= 11 is 5.73. The van der Waals surface area contributed by atoms with Crippen LogP contribution in [-0.4, -0.2) is 17.0 Å². The summed E-state index contributed by atoms with van der Waals surface area (Å²) in [5, 5.41) is 12.0. The van der Waals surface area contributed by atoms with Crippen molar-refractivity contribution in [1.82, 2.24) is 0 Å². The molecular weight excluding hydrogens is 254 g/mol. The molecule has 4 nitrogen and oxygen atoms in total. The molecule has 1 atom stereocenters. The van der Waals surface area contributed by atoms with Crippen LogP contribution in [0.3, 0.4) is 0 Å². The second kappa shape index (κ2) is 5.87. The smallest absolute Gasteiger partial charge is 0.337 e. The second-order valence-corrected chi connectivity index (χ2v) is 4.95. The molecular formula is C13H16ClNO3. The number of anilines is 1. The van der Waals surface area contributed by atoms with Crippen molar-refractivity contribution < 1.29 is 14.7 Å². The zero-order valence-electron chi connectivity index (χ0n) is 10.5. The Morgan fingerprint density at radius 2 is 1.89 bits per heavy atom. The molecule has 0 saturated carbocycles. The van der Waals surface area contributed by atoms with Crippen LogP contribution in [0.4, 0.5) is 5.69 Å². The molecule has 0 bridgehead atoms. The predicted molar refractivity (Wildman–Crippen MR) is 71.0 cm³/mol. The van der Waals surface area contributed by atoms with Gasteiger partial charge in [-0.3, -0.25) is 4.79 Å². The largest absolute Gasteiger partial charge is 0.478 e. The van der Waals surface area contributed by atoms with E-state index in [0.717, 1.165) is 0 Å². The zero-order chi connectivity index (χ0) is 13.9. The third kappa shape index (κ3) is 3.47. The first-order valence-electron chi connectivity index (χ1n) is 5.66. The molecule has 1 rings (SSSR count). The van der Waals surface area contributed by atoms with Crippen molar-refractivity contribution in [3.8, 4) is 0 Å². The van der Waals surface area contributed by atoms with Gasteiger partial charge in [-0.25, -0.2) is 4.79 Å². The topological polar surface area (TPSA) is 66.4 Å². The first-order chi connectivity index (χ1) is 8.32. The van der Waals surface area contributed by atoms with Gasteiger partial charge < -0.3 is 10.4 Å². The van der Waals surface area contributed by atoms with Crippen molar-refractivity contribution in [3.05, 3.63) is 28.8 Å². The summed E-state index contributed by atoms with van der Waals surface area (Å²) in [4.78, 5) is 22.9. The first kappa shape index (κ1) is 14.5. The third-order valence-electron chi connectivity index (χ3n) is 2.88. The highest BCUT2D eigenvalue weighted by molar-refractivity contribution is 6.31. The molecule has 0 heterocycles. The van der Waals surface area contributed by atoms with Crippen LogP contribution in [-0.2, 0) is 4.79 Å². The van der Waals surface area contributed by atoms with Gasteiger partial charge in [0.1, 0.15) is 0 Å². The van der Waals surface area contributed by atoms with Gasteiger partial charge in [0.2, 0.25) is 5.91 Å². The summed E-state index contributed by atoms with van der Waals surface area (Å²) in [6.07, 6.45) is 0. The summed E-state index contributed by atoms with van der Waals surface area (Å²) in [6, 6.07) is 4.36. The molecule has 0 saturated heterocycles. The minimum Gasteiger partial charge on any atom is -0.478 e. The Kier molecular flexibility index (Phi) is 4.73. The lowest BCUT2D eigenvalue weighted by Gasteiger charge is -2.16. The number of benzene rings is 1. The number of carbonyl (C=O) groups is 2. The fourth-order valence-electron chi connectivity index (χ4n) is 1.35. The molecule has 0 fully saturated rings. The van der Waals surface area contributed by atoms with Crippen LogP contribution in [0.1, 0.15) is 31.1 Å². The van der Waals surface area contributed by atoms with Crippen LogP contribution in [0.5, 0.6) is 0 Å². The molecule has 1 amide bonds. The Hall–Kier alpha value is -1.55. The molecule has 1 unspecified atom stereocenters. The van der Waals surface area contributed by atoms with Crippen molar-refractivity contribution in [1.29, 1.82) is 0 Å². The number of carbonyl (C=O) groups excluding carboxylic acids is 1. The van der Waals surface area contributed by atoms with Crippen LogP contribution >= 0.6 is 11.6 Å². The number of hydrogen-bond donors (Lipinski definition) is 2. The Morgan fingerprint density at radius 1 is 1.28 bits per heavy atom. The van der Waals surface area contributed by atoms with Crippen molar-refractivity contribution in [3.63, 3.8) is 0 Å². The minimum absolute atomic E-state index is 0.00759. The summed E-state index contributed by atoms with van der Waals surface area (Å²) in [5.74, 6) is -1.33. The van der Waals surface area contributed by atoms with E-state index in [0.29, 0.717) is 5.02 Å². The van der Waals surface area contributed by atoms with Gasteiger partial charge in [0, 0.05) is 10.9 Å². The molecule has 18 heavy (non-hydrogen) atoms. The number of amides is 1.